The second kappa shape index (κ2) is 5.46. The van der Waals surface area contributed by atoms with Gasteiger partial charge in [0.2, 0.25) is 5.36 Å². The highest BCUT2D eigenvalue weighted by Gasteiger charge is 2.29. The smallest absolute Gasteiger partial charge is 0.217 e. The highest BCUT2D eigenvalue weighted by atomic mass is 15.0. The highest BCUT2D eigenvalue weighted by molar-refractivity contribution is 5.93. The van der Waals surface area contributed by atoms with E-state index >= 15 is 0 Å². The highest BCUT2D eigenvalue weighted by Crippen LogP contribution is 2.34. The zero-order valence-corrected chi connectivity index (χ0v) is 12.1. The third kappa shape index (κ3) is 2.20. The summed E-state index contributed by atoms with van der Waals surface area (Å²) >= 11 is 0. The van der Waals surface area contributed by atoms with Crippen LogP contribution in [0.4, 0.5) is 0 Å². The SMILES string of the molecule is CC[N+](CC)=c1c(-c2ccccc2)c1-c1ccccc1. The van der Waals surface area contributed by atoms with Crippen molar-refractivity contribution in [1.29, 1.82) is 0 Å². The first-order valence-electron chi connectivity index (χ1n) is 7.34. The Labute approximate surface area is 120 Å². The van der Waals surface area contributed by atoms with Gasteiger partial charge in [-0.1, -0.05) is 60.7 Å². The first-order chi connectivity index (χ1) is 9.86. The summed E-state index contributed by atoms with van der Waals surface area (Å²) in [6.07, 6.45) is 0. The molecule has 0 N–H and O–H groups in total. The van der Waals surface area contributed by atoms with Gasteiger partial charge in [0.1, 0.15) is 13.1 Å². The maximum atomic E-state index is 2.45. The van der Waals surface area contributed by atoms with E-state index in [2.05, 4.69) is 79.1 Å². The van der Waals surface area contributed by atoms with E-state index in [-0.39, 0.29) is 0 Å². The second-order valence-corrected chi connectivity index (χ2v) is 5.00. The van der Waals surface area contributed by atoms with Crippen molar-refractivity contribution in [3.63, 3.8) is 0 Å². The molecule has 0 aliphatic rings. The zero-order chi connectivity index (χ0) is 13.9. The van der Waals surface area contributed by atoms with Gasteiger partial charge in [-0.2, -0.15) is 0 Å². The minimum absolute atomic E-state index is 1.05. The van der Waals surface area contributed by atoms with E-state index in [1.165, 1.54) is 27.6 Å². The minimum atomic E-state index is 1.05. The van der Waals surface area contributed by atoms with Gasteiger partial charge in [0.15, 0.2) is 0 Å². The van der Waals surface area contributed by atoms with Gasteiger partial charge in [0.05, 0.1) is 11.1 Å². The van der Waals surface area contributed by atoms with E-state index in [0.717, 1.165) is 13.1 Å². The van der Waals surface area contributed by atoms with Crippen molar-refractivity contribution < 1.29 is 0 Å². The van der Waals surface area contributed by atoms with Crippen LogP contribution in [-0.4, -0.2) is 13.1 Å². The standard InChI is InChI=1S/C19H20N/c1-3-20(4-2)19-17(15-11-7-5-8-12-15)18(19)16-13-9-6-10-14-16/h5-14H,3-4H2,1-2H3/q+1. The van der Waals surface area contributed by atoms with Crippen LogP contribution in [0.25, 0.3) is 22.3 Å². The normalized spacial score (nSPS) is 10.9. The Morgan fingerprint density at radius 3 is 1.40 bits per heavy atom. The van der Waals surface area contributed by atoms with Crippen LogP contribution >= 0.6 is 0 Å². The predicted molar refractivity (Wildman–Crippen MR) is 86.0 cm³/mol. The molecule has 0 aliphatic carbocycles. The summed E-state index contributed by atoms with van der Waals surface area (Å²) < 4.78 is 2.45. The van der Waals surface area contributed by atoms with Gasteiger partial charge in [0.25, 0.3) is 0 Å². The molecule has 0 fully saturated rings. The summed E-state index contributed by atoms with van der Waals surface area (Å²) in [7, 11) is 0. The van der Waals surface area contributed by atoms with Crippen LogP contribution in [-0.2, 0) is 0 Å². The summed E-state index contributed by atoms with van der Waals surface area (Å²) in [4.78, 5) is 0. The van der Waals surface area contributed by atoms with Crippen molar-refractivity contribution in [2.45, 2.75) is 13.8 Å². The largest absolute Gasteiger partial charge is 0.229 e. The molecule has 0 amide bonds. The molecule has 0 saturated carbocycles. The lowest BCUT2D eigenvalue weighted by Crippen LogP contribution is -2.24. The Morgan fingerprint density at radius 2 is 1.05 bits per heavy atom. The van der Waals surface area contributed by atoms with E-state index in [9.17, 15) is 0 Å². The summed E-state index contributed by atoms with van der Waals surface area (Å²) in [6, 6.07) is 21.4. The average molecular weight is 262 g/mol. The lowest BCUT2D eigenvalue weighted by Gasteiger charge is -1.91. The van der Waals surface area contributed by atoms with E-state index < -0.39 is 0 Å². The van der Waals surface area contributed by atoms with Crippen LogP contribution in [0.5, 0.6) is 0 Å². The lowest BCUT2D eigenvalue weighted by atomic mass is 10.1. The molecular formula is C19H20N+. The van der Waals surface area contributed by atoms with Crippen LogP contribution in [0.2, 0.25) is 0 Å². The Kier molecular flexibility index (Phi) is 3.51. The first-order valence-corrected chi connectivity index (χ1v) is 7.34. The number of nitrogens with zero attached hydrogens (tertiary/aromatic N) is 1. The molecule has 0 spiro atoms. The van der Waals surface area contributed by atoms with Crippen LogP contribution in [0.3, 0.4) is 0 Å². The van der Waals surface area contributed by atoms with Gasteiger partial charge in [-0.3, -0.25) is 0 Å². The molecule has 0 bridgehead atoms. The van der Waals surface area contributed by atoms with Crippen LogP contribution in [0.15, 0.2) is 60.7 Å². The fourth-order valence-corrected chi connectivity index (χ4v) is 2.81. The van der Waals surface area contributed by atoms with Gasteiger partial charge in [-0.15, -0.1) is 0 Å². The molecule has 100 valence electrons. The van der Waals surface area contributed by atoms with Crippen molar-refractivity contribution in [2.24, 2.45) is 0 Å². The number of benzene rings is 2. The maximum Gasteiger partial charge on any atom is 0.217 e. The van der Waals surface area contributed by atoms with Gasteiger partial charge < -0.3 is 0 Å². The van der Waals surface area contributed by atoms with Crippen molar-refractivity contribution in [3.8, 4) is 22.3 Å². The quantitative estimate of drug-likeness (QED) is 0.631. The zero-order valence-electron chi connectivity index (χ0n) is 12.1. The molecule has 1 heteroatoms. The summed E-state index contributed by atoms with van der Waals surface area (Å²) in [6.45, 7) is 6.55. The molecule has 1 nitrogen and oxygen atoms in total. The van der Waals surface area contributed by atoms with E-state index in [0.29, 0.717) is 0 Å². The second-order valence-electron chi connectivity index (χ2n) is 5.00. The van der Waals surface area contributed by atoms with Gasteiger partial charge in [-0.25, -0.2) is 4.58 Å². The molecule has 0 radical (unpaired) electrons. The topological polar surface area (TPSA) is 3.01 Å². The fraction of sp³-hybridized carbons (Fsp3) is 0.211. The lowest BCUT2D eigenvalue weighted by molar-refractivity contribution is 0.637. The molecule has 3 rings (SSSR count). The third-order valence-electron chi connectivity index (χ3n) is 3.87. The van der Waals surface area contributed by atoms with E-state index in [1.54, 1.807) is 0 Å². The Balaban J connectivity index is 2.19. The summed E-state index contributed by atoms with van der Waals surface area (Å²) in [5.74, 6) is 0. The van der Waals surface area contributed by atoms with Crippen molar-refractivity contribution >= 4 is 0 Å². The summed E-state index contributed by atoms with van der Waals surface area (Å²) in [5, 5.41) is 1.42. The molecule has 0 aromatic heterocycles. The molecule has 0 heterocycles. The van der Waals surface area contributed by atoms with Crippen molar-refractivity contribution in [3.05, 3.63) is 66.0 Å². The van der Waals surface area contributed by atoms with Crippen LogP contribution < -0.4 is 9.93 Å². The number of rotatable bonds is 4. The maximum absolute atomic E-state index is 2.45. The van der Waals surface area contributed by atoms with Crippen LogP contribution in [0.1, 0.15) is 13.8 Å². The molecule has 0 atom stereocenters. The third-order valence-corrected chi connectivity index (χ3v) is 3.87. The molecular weight excluding hydrogens is 242 g/mol. The molecule has 0 saturated heterocycles. The molecule has 0 unspecified atom stereocenters. The predicted octanol–water partition coefficient (Wildman–Crippen LogP) is 3.71. The summed E-state index contributed by atoms with van der Waals surface area (Å²) in [5.41, 5.74) is 5.49. The van der Waals surface area contributed by atoms with Gasteiger partial charge in [-0.05, 0) is 25.0 Å². The number of hydrogen-bond donors (Lipinski definition) is 0. The van der Waals surface area contributed by atoms with Gasteiger partial charge >= 0.3 is 0 Å². The Hall–Kier alpha value is -2.15. The van der Waals surface area contributed by atoms with Gasteiger partial charge in [0, 0.05) is 0 Å². The van der Waals surface area contributed by atoms with Crippen molar-refractivity contribution in [2.75, 3.05) is 13.1 Å². The molecule has 20 heavy (non-hydrogen) atoms. The first kappa shape index (κ1) is 12.9. The monoisotopic (exact) mass is 262 g/mol. The minimum Gasteiger partial charge on any atom is -0.229 e. The molecule has 3 aromatic rings. The van der Waals surface area contributed by atoms with Crippen LogP contribution in [0, 0.1) is 0 Å². The Bertz CT molecular complexity index is 653. The molecule has 3 aromatic carbocycles. The average Bonchev–Trinajstić information content (AvgIpc) is 3.26. The number of hydrogen-bond acceptors (Lipinski definition) is 0. The molecule has 0 aliphatic heterocycles. The Morgan fingerprint density at radius 1 is 0.650 bits per heavy atom. The fourth-order valence-electron chi connectivity index (χ4n) is 2.81. The van der Waals surface area contributed by atoms with E-state index in [1.807, 2.05) is 0 Å². The van der Waals surface area contributed by atoms with E-state index in [4.69, 9.17) is 0 Å². The van der Waals surface area contributed by atoms with Crippen molar-refractivity contribution in [1.82, 2.24) is 4.58 Å².